The van der Waals surface area contributed by atoms with E-state index >= 15 is 0 Å². The Bertz CT molecular complexity index is 1080. The van der Waals surface area contributed by atoms with Gasteiger partial charge in [0.1, 0.15) is 5.56 Å². The maximum atomic E-state index is 13.3. The lowest BCUT2D eigenvalue weighted by Gasteiger charge is -2.25. The maximum Gasteiger partial charge on any atom is 0.263 e. The molecule has 0 saturated carbocycles. The number of pyridine rings is 1. The smallest absolute Gasteiger partial charge is 0.263 e. The molecule has 0 spiro atoms. The summed E-state index contributed by atoms with van der Waals surface area (Å²) in [6.45, 7) is 3.15. The number of nitrogens with zero attached hydrogens (tertiary/aromatic N) is 1. The van der Waals surface area contributed by atoms with Crippen LogP contribution in [0.5, 0.6) is 0 Å². The van der Waals surface area contributed by atoms with Gasteiger partial charge in [0.15, 0.2) is 0 Å². The van der Waals surface area contributed by atoms with E-state index in [9.17, 15) is 9.59 Å². The third kappa shape index (κ3) is 3.88. The van der Waals surface area contributed by atoms with Crippen molar-refractivity contribution in [1.82, 2.24) is 9.88 Å². The van der Waals surface area contributed by atoms with Gasteiger partial charge >= 0.3 is 0 Å². The Morgan fingerprint density at radius 2 is 1.72 bits per heavy atom. The van der Waals surface area contributed by atoms with Gasteiger partial charge in [0, 0.05) is 18.7 Å². The zero-order chi connectivity index (χ0) is 20.2. The number of amides is 1. The van der Waals surface area contributed by atoms with Crippen LogP contribution >= 0.6 is 0 Å². The Kier molecular flexibility index (Phi) is 5.61. The van der Waals surface area contributed by atoms with Crippen molar-refractivity contribution < 1.29 is 4.79 Å². The van der Waals surface area contributed by atoms with Crippen LogP contribution in [0.3, 0.4) is 0 Å². The first-order valence-electron chi connectivity index (χ1n) is 10.4. The largest absolute Gasteiger partial charge is 0.348 e. The number of fused-ring (bicyclic) bond motifs is 3. The second-order valence-corrected chi connectivity index (χ2v) is 7.57. The van der Waals surface area contributed by atoms with E-state index in [1.807, 2.05) is 53.1 Å². The zero-order valence-corrected chi connectivity index (χ0v) is 16.8. The first kappa shape index (κ1) is 19.2. The van der Waals surface area contributed by atoms with Crippen molar-refractivity contribution in [2.24, 2.45) is 0 Å². The van der Waals surface area contributed by atoms with Gasteiger partial charge in [-0.15, -0.1) is 0 Å². The molecule has 0 fully saturated rings. The first-order valence-corrected chi connectivity index (χ1v) is 10.4. The van der Waals surface area contributed by atoms with Gasteiger partial charge in [0.05, 0.1) is 5.69 Å². The summed E-state index contributed by atoms with van der Waals surface area (Å²) >= 11 is 0. The van der Waals surface area contributed by atoms with E-state index < -0.39 is 0 Å². The fourth-order valence-electron chi connectivity index (χ4n) is 4.04. The third-order valence-electron chi connectivity index (χ3n) is 5.58. The number of carbonyl (C=O) groups excluding carboxylic acids is 1. The Morgan fingerprint density at radius 1 is 1.00 bits per heavy atom. The molecule has 0 bridgehead atoms. The Hall–Kier alpha value is -3.14. The number of hydrogen-bond acceptors (Lipinski definition) is 2. The Balaban J connectivity index is 1.73. The molecule has 4 heteroatoms. The fourth-order valence-corrected chi connectivity index (χ4v) is 4.04. The van der Waals surface area contributed by atoms with E-state index in [2.05, 4.69) is 24.4 Å². The second-order valence-electron chi connectivity index (χ2n) is 7.57. The van der Waals surface area contributed by atoms with E-state index in [0.717, 1.165) is 48.1 Å². The molecule has 0 radical (unpaired) electrons. The summed E-state index contributed by atoms with van der Waals surface area (Å²) in [6, 6.07) is 19.8. The van der Waals surface area contributed by atoms with Crippen LogP contribution in [-0.2, 0) is 25.9 Å². The number of carbonyl (C=O) groups is 1. The summed E-state index contributed by atoms with van der Waals surface area (Å²) in [4.78, 5) is 26.2. The lowest BCUT2D eigenvalue weighted by atomic mass is 9.88. The van der Waals surface area contributed by atoms with Gasteiger partial charge in [0.25, 0.3) is 11.5 Å². The van der Waals surface area contributed by atoms with E-state index in [0.29, 0.717) is 13.1 Å². The number of nitrogens with one attached hydrogen (secondary N) is 1. The van der Waals surface area contributed by atoms with E-state index in [-0.39, 0.29) is 17.0 Å². The summed E-state index contributed by atoms with van der Waals surface area (Å²) in [5.41, 5.74) is 5.53. The molecular formula is C25H26N2O2. The summed E-state index contributed by atoms with van der Waals surface area (Å²) in [5, 5.41) is 2.91. The third-order valence-corrected chi connectivity index (χ3v) is 5.58. The molecule has 1 N–H and O–H groups in total. The van der Waals surface area contributed by atoms with Crippen molar-refractivity contribution in [3.8, 4) is 11.3 Å². The molecule has 1 heterocycles. The van der Waals surface area contributed by atoms with Gasteiger partial charge in [-0.3, -0.25) is 9.59 Å². The Morgan fingerprint density at radius 3 is 2.52 bits per heavy atom. The van der Waals surface area contributed by atoms with Crippen molar-refractivity contribution in [3.05, 3.63) is 93.3 Å². The van der Waals surface area contributed by atoms with Crippen LogP contribution in [0.2, 0.25) is 0 Å². The maximum absolute atomic E-state index is 13.3. The highest BCUT2D eigenvalue weighted by atomic mass is 16.2. The molecule has 1 aliphatic rings. The van der Waals surface area contributed by atoms with Gasteiger partial charge in [-0.25, -0.2) is 0 Å². The van der Waals surface area contributed by atoms with Crippen LogP contribution in [0.1, 0.15) is 46.8 Å². The minimum atomic E-state index is -0.300. The van der Waals surface area contributed by atoms with Crippen LogP contribution in [-0.4, -0.2) is 10.5 Å². The number of aryl methyl sites for hydroxylation is 2. The van der Waals surface area contributed by atoms with Crippen LogP contribution < -0.4 is 10.9 Å². The molecule has 4 nitrogen and oxygen atoms in total. The predicted octanol–water partition coefficient (Wildman–Crippen LogP) is 4.34. The lowest BCUT2D eigenvalue weighted by Crippen LogP contribution is -2.35. The van der Waals surface area contributed by atoms with Crippen molar-refractivity contribution in [1.29, 1.82) is 0 Å². The number of aromatic nitrogens is 1. The average molecular weight is 386 g/mol. The number of rotatable bonds is 6. The minimum Gasteiger partial charge on any atom is -0.348 e. The molecule has 3 aromatic rings. The van der Waals surface area contributed by atoms with Crippen LogP contribution in [0, 0.1) is 0 Å². The quantitative estimate of drug-likeness (QED) is 0.685. The molecule has 0 unspecified atom stereocenters. The highest BCUT2D eigenvalue weighted by molar-refractivity contribution is 5.94. The van der Waals surface area contributed by atoms with Crippen LogP contribution in [0.15, 0.2) is 65.5 Å². The van der Waals surface area contributed by atoms with E-state index in [4.69, 9.17) is 0 Å². The molecule has 1 aliphatic carbocycles. The minimum absolute atomic E-state index is 0.195. The van der Waals surface area contributed by atoms with Gasteiger partial charge in [-0.2, -0.15) is 0 Å². The standard InChI is InChI=1S/C25H26N2O2/c1-2-3-15-27-23-20(14-13-19-11-7-8-12-21(19)23)16-22(25(27)29)24(28)26-17-18-9-5-4-6-10-18/h4-12,16H,2-3,13-15,17H2,1H3,(H,26,28). The normalized spacial score (nSPS) is 12.2. The molecule has 4 rings (SSSR count). The molecule has 1 aromatic heterocycles. The lowest BCUT2D eigenvalue weighted by molar-refractivity contribution is 0.0948. The number of benzene rings is 2. The van der Waals surface area contributed by atoms with Gasteiger partial charge in [-0.05, 0) is 42.0 Å². The highest BCUT2D eigenvalue weighted by Gasteiger charge is 2.24. The van der Waals surface area contributed by atoms with Crippen molar-refractivity contribution in [2.45, 2.75) is 45.7 Å². The topological polar surface area (TPSA) is 51.1 Å². The summed E-state index contributed by atoms with van der Waals surface area (Å²) in [7, 11) is 0. The molecule has 29 heavy (non-hydrogen) atoms. The highest BCUT2D eigenvalue weighted by Crippen LogP contribution is 2.33. The monoisotopic (exact) mass is 386 g/mol. The summed E-state index contributed by atoms with van der Waals surface area (Å²) in [5.74, 6) is -0.300. The van der Waals surface area contributed by atoms with Gasteiger partial charge < -0.3 is 9.88 Å². The molecular weight excluding hydrogens is 360 g/mol. The molecule has 1 amide bonds. The molecule has 0 aliphatic heterocycles. The van der Waals surface area contributed by atoms with E-state index in [1.54, 1.807) is 0 Å². The predicted molar refractivity (Wildman–Crippen MR) is 116 cm³/mol. The van der Waals surface area contributed by atoms with E-state index in [1.165, 1.54) is 5.56 Å². The summed E-state index contributed by atoms with van der Waals surface area (Å²) < 4.78 is 1.83. The zero-order valence-electron chi connectivity index (χ0n) is 16.8. The molecule has 0 saturated heterocycles. The van der Waals surface area contributed by atoms with Crippen molar-refractivity contribution >= 4 is 5.91 Å². The van der Waals surface area contributed by atoms with Crippen molar-refractivity contribution in [3.63, 3.8) is 0 Å². The SMILES string of the molecule is CCCCn1c2c(cc(C(=O)NCc3ccccc3)c1=O)CCc1ccccc1-2. The number of unbranched alkanes of at least 4 members (excludes halogenated alkanes) is 1. The van der Waals surface area contributed by atoms with Gasteiger partial charge in [-0.1, -0.05) is 67.9 Å². The first-order chi connectivity index (χ1) is 14.2. The fraction of sp³-hybridized carbons (Fsp3) is 0.280. The average Bonchev–Trinajstić information content (AvgIpc) is 2.77. The van der Waals surface area contributed by atoms with Crippen molar-refractivity contribution in [2.75, 3.05) is 0 Å². The summed E-state index contributed by atoms with van der Waals surface area (Å²) in [6.07, 6.45) is 3.68. The molecule has 148 valence electrons. The number of hydrogen-bond donors (Lipinski definition) is 1. The molecule has 2 aromatic carbocycles. The second kappa shape index (κ2) is 8.48. The van der Waals surface area contributed by atoms with Gasteiger partial charge in [0.2, 0.25) is 0 Å². The van der Waals surface area contributed by atoms with Crippen LogP contribution in [0.4, 0.5) is 0 Å². The Labute approximate surface area is 171 Å². The van der Waals surface area contributed by atoms with Crippen LogP contribution in [0.25, 0.3) is 11.3 Å². The molecule has 0 atom stereocenters.